The Bertz CT molecular complexity index is 473. The quantitative estimate of drug-likeness (QED) is 0.563. The maximum absolute atomic E-state index is 11.6. The summed E-state index contributed by atoms with van der Waals surface area (Å²) in [4.78, 5) is 22.7. The number of ether oxygens (including phenoxy) is 1. The standard InChI is InChI=1S/C12H18N4O3S/c1-2-19-11(18)5-6-13-10(17)7-20-12-15-14-8-16(12)9-3-4-9/h8-9H,2-7H2,1H3,(H,13,17). The lowest BCUT2D eigenvalue weighted by Gasteiger charge is -2.06. The van der Waals surface area contributed by atoms with E-state index in [1.807, 2.05) is 4.57 Å². The number of esters is 1. The highest BCUT2D eigenvalue weighted by molar-refractivity contribution is 7.99. The summed E-state index contributed by atoms with van der Waals surface area (Å²) in [6.07, 6.45) is 4.20. The molecular weight excluding hydrogens is 280 g/mol. The molecule has 0 saturated heterocycles. The maximum atomic E-state index is 11.6. The molecule has 1 N–H and O–H groups in total. The minimum Gasteiger partial charge on any atom is -0.466 e. The van der Waals surface area contributed by atoms with E-state index in [1.165, 1.54) is 11.8 Å². The summed E-state index contributed by atoms with van der Waals surface area (Å²) in [6.45, 7) is 2.41. The van der Waals surface area contributed by atoms with Crippen molar-refractivity contribution in [3.63, 3.8) is 0 Å². The van der Waals surface area contributed by atoms with Crippen molar-refractivity contribution in [2.45, 2.75) is 37.4 Å². The number of nitrogens with zero attached hydrogens (tertiary/aromatic N) is 3. The van der Waals surface area contributed by atoms with Crippen LogP contribution in [0.4, 0.5) is 0 Å². The van der Waals surface area contributed by atoms with E-state index in [0.29, 0.717) is 19.2 Å². The summed E-state index contributed by atoms with van der Waals surface area (Å²) in [5.41, 5.74) is 0. The first-order valence-electron chi connectivity index (χ1n) is 6.65. The number of thioether (sulfide) groups is 1. The van der Waals surface area contributed by atoms with Crippen LogP contribution in [-0.2, 0) is 14.3 Å². The molecular formula is C12H18N4O3S. The first-order chi connectivity index (χ1) is 9.70. The van der Waals surface area contributed by atoms with Crippen molar-refractivity contribution in [3.8, 4) is 0 Å². The van der Waals surface area contributed by atoms with Crippen molar-refractivity contribution in [2.75, 3.05) is 18.9 Å². The number of nitrogens with one attached hydrogen (secondary N) is 1. The predicted octanol–water partition coefficient (Wildman–Crippen LogP) is 0.774. The van der Waals surface area contributed by atoms with Gasteiger partial charge in [0.15, 0.2) is 5.16 Å². The molecule has 0 spiro atoms. The number of carbonyl (C=O) groups is 2. The van der Waals surface area contributed by atoms with Crippen molar-refractivity contribution < 1.29 is 14.3 Å². The van der Waals surface area contributed by atoms with Gasteiger partial charge in [-0.1, -0.05) is 11.8 Å². The van der Waals surface area contributed by atoms with Gasteiger partial charge in [-0.25, -0.2) is 0 Å². The molecule has 0 radical (unpaired) electrons. The number of rotatable bonds is 8. The summed E-state index contributed by atoms with van der Waals surface area (Å²) >= 11 is 1.36. The average molecular weight is 298 g/mol. The number of hydrogen-bond acceptors (Lipinski definition) is 6. The zero-order valence-electron chi connectivity index (χ0n) is 11.4. The van der Waals surface area contributed by atoms with Crippen LogP contribution in [0.2, 0.25) is 0 Å². The Morgan fingerprint density at radius 1 is 1.55 bits per heavy atom. The van der Waals surface area contributed by atoms with Crippen LogP contribution in [0, 0.1) is 0 Å². The van der Waals surface area contributed by atoms with Gasteiger partial charge in [-0.15, -0.1) is 10.2 Å². The summed E-state index contributed by atoms with van der Waals surface area (Å²) < 4.78 is 6.79. The van der Waals surface area contributed by atoms with Crippen LogP contribution in [-0.4, -0.2) is 45.5 Å². The molecule has 1 aromatic rings. The summed E-state index contributed by atoms with van der Waals surface area (Å²) in [5, 5.41) is 11.3. The molecule has 8 heteroatoms. The lowest BCUT2D eigenvalue weighted by Crippen LogP contribution is -2.28. The molecule has 20 heavy (non-hydrogen) atoms. The van der Waals surface area contributed by atoms with Crippen LogP contribution < -0.4 is 5.32 Å². The second-order valence-electron chi connectivity index (χ2n) is 4.45. The molecule has 0 atom stereocenters. The highest BCUT2D eigenvalue weighted by atomic mass is 32.2. The van der Waals surface area contributed by atoms with Crippen LogP contribution in [0.15, 0.2) is 11.5 Å². The Hall–Kier alpha value is -1.57. The van der Waals surface area contributed by atoms with Crippen molar-refractivity contribution in [2.24, 2.45) is 0 Å². The first-order valence-corrected chi connectivity index (χ1v) is 7.64. The van der Waals surface area contributed by atoms with E-state index in [1.54, 1.807) is 13.3 Å². The Morgan fingerprint density at radius 3 is 3.05 bits per heavy atom. The van der Waals surface area contributed by atoms with Crippen LogP contribution in [0.25, 0.3) is 0 Å². The molecule has 2 rings (SSSR count). The first kappa shape index (κ1) is 14.8. The van der Waals surface area contributed by atoms with E-state index in [4.69, 9.17) is 4.74 Å². The van der Waals surface area contributed by atoms with E-state index in [0.717, 1.165) is 18.0 Å². The Labute approximate surface area is 121 Å². The minimum atomic E-state index is -0.297. The molecule has 0 bridgehead atoms. The van der Waals surface area contributed by atoms with Crippen LogP contribution in [0.3, 0.4) is 0 Å². The fraction of sp³-hybridized carbons (Fsp3) is 0.667. The number of hydrogen-bond donors (Lipinski definition) is 1. The van der Waals surface area contributed by atoms with Gasteiger partial charge in [-0.05, 0) is 19.8 Å². The second-order valence-corrected chi connectivity index (χ2v) is 5.39. The third-order valence-electron chi connectivity index (χ3n) is 2.77. The van der Waals surface area contributed by atoms with E-state index >= 15 is 0 Å². The largest absolute Gasteiger partial charge is 0.466 e. The Kier molecular flexibility index (Phi) is 5.40. The smallest absolute Gasteiger partial charge is 0.307 e. The van der Waals surface area contributed by atoms with Gasteiger partial charge < -0.3 is 14.6 Å². The highest BCUT2D eigenvalue weighted by Gasteiger charge is 2.26. The SMILES string of the molecule is CCOC(=O)CCNC(=O)CSc1nncn1C1CC1. The minimum absolute atomic E-state index is 0.121. The number of carbonyl (C=O) groups excluding carboxylic acids is 2. The Morgan fingerprint density at radius 2 is 2.35 bits per heavy atom. The fourth-order valence-corrected chi connectivity index (χ4v) is 2.47. The molecule has 1 saturated carbocycles. The van der Waals surface area contributed by atoms with E-state index in [2.05, 4.69) is 15.5 Å². The molecule has 0 aromatic carbocycles. The zero-order chi connectivity index (χ0) is 14.4. The molecule has 110 valence electrons. The van der Waals surface area contributed by atoms with Gasteiger partial charge >= 0.3 is 5.97 Å². The molecule has 1 aromatic heterocycles. The van der Waals surface area contributed by atoms with E-state index in [-0.39, 0.29) is 24.1 Å². The monoisotopic (exact) mass is 298 g/mol. The molecule has 1 aliphatic carbocycles. The third kappa shape index (κ3) is 4.52. The van der Waals surface area contributed by atoms with Gasteiger partial charge in [0.2, 0.25) is 5.91 Å². The molecule has 7 nitrogen and oxygen atoms in total. The van der Waals surface area contributed by atoms with Gasteiger partial charge in [0.25, 0.3) is 0 Å². The van der Waals surface area contributed by atoms with Gasteiger partial charge in [0.1, 0.15) is 6.33 Å². The van der Waals surface area contributed by atoms with Crippen molar-refractivity contribution in [1.82, 2.24) is 20.1 Å². The van der Waals surface area contributed by atoms with Crippen LogP contribution >= 0.6 is 11.8 Å². The average Bonchev–Trinajstić information content (AvgIpc) is 3.16. The Balaban J connectivity index is 1.64. The summed E-state index contributed by atoms with van der Waals surface area (Å²) in [5.74, 6) is -0.146. The second kappa shape index (κ2) is 7.28. The van der Waals surface area contributed by atoms with Gasteiger partial charge in [-0.3, -0.25) is 9.59 Å². The van der Waals surface area contributed by atoms with E-state index < -0.39 is 0 Å². The van der Waals surface area contributed by atoms with Crippen molar-refractivity contribution in [3.05, 3.63) is 6.33 Å². The van der Waals surface area contributed by atoms with Gasteiger partial charge in [-0.2, -0.15) is 0 Å². The molecule has 0 aliphatic heterocycles. The van der Waals surface area contributed by atoms with Crippen LogP contribution in [0.5, 0.6) is 0 Å². The lowest BCUT2D eigenvalue weighted by molar-refractivity contribution is -0.142. The zero-order valence-corrected chi connectivity index (χ0v) is 12.2. The maximum Gasteiger partial charge on any atom is 0.307 e. The van der Waals surface area contributed by atoms with Gasteiger partial charge in [0, 0.05) is 12.6 Å². The number of aromatic nitrogens is 3. The molecule has 1 heterocycles. The summed E-state index contributed by atoms with van der Waals surface area (Å²) in [6, 6.07) is 0.499. The molecule has 1 aliphatic rings. The topological polar surface area (TPSA) is 86.1 Å². The normalized spacial score (nSPS) is 14.1. The molecule has 1 fully saturated rings. The molecule has 0 unspecified atom stereocenters. The van der Waals surface area contributed by atoms with E-state index in [9.17, 15) is 9.59 Å². The number of amides is 1. The summed E-state index contributed by atoms with van der Waals surface area (Å²) in [7, 11) is 0. The van der Waals surface area contributed by atoms with Crippen LogP contribution in [0.1, 0.15) is 32.2 Å². The molecule has 1 amide bonds. The van der Waals surface area contributed by atoms with Crippen molar-refractivity contribution >= 4 is 23.6 Å². The van der Waals surface area contributed by atoms with Gasteiger partial charge in [0.05, 0.1) is 18.8 Å². The van der Waals surface area contributed by atoms with Crippen molar-refractivity contribution in [1.29, 1.82) is 0 Å². The third-order valence-corrected chi connectivity index (χ3v) is 3.73. The predicted molar refractivity (Wildman–Crippen MR) is 73.3 cm³/mol. The fourth-order valence-electron chi connectivity index (χ4n) is 1.66. The highest BCUT2D eigenvalue weighted by Crippen LogP contribution is 2.37. The lowest BCUT2D eigenvalue weighted by atomic mass is 10.4.